The van der Waals surface area contributed by atoms with E-state index >= 15 is 0 Å². The largest absolute Gasteiger partial charge is 0.496 e. The number of H-pyrrole nitrogens is 1. The summed E-state index contributed by atoms with van der Waals surface area (Å²) in [5.74, 6) is 2.22. The van der Waals surface area contributed by atoms with E-state index < -0.39 is 0 Å². The second-order valence-corrected chi connectivity index (χ2v) is 5.81. The molecule has 0 amide bonds. The fourth-order valence-corrected chi connectivity index (χ4v) is 2.01. The highest BCUT2D eigenvalue weighted by Crippen LogP contribution is 2.33. The third-order valence-electron chi connectivity index (χ3n) is 3.22. The second-order valence-electron chi connectivity index (χ2n) is 5.81. The molecule has 0 atom stereocenters. The van der Waals surface area contributed by atoms with Crippen LogP contribution in [0.2, 0.25) is 0 Å². The topological polar surface area (TPSA) is 76.8 Å². The Morgan fingerprint density at radius 1 is 1.30 bits per heavy atom. The van der Waals surface area contributed by atoms with Gasteiger partial charge in [-0.15, -0.1) is 0 Å². The van der Waals surface area contributed by atoms with E-state index in [-0.39, 0.29) is 5.41 Å². The molecular weight excluding hydrogens is 252 g/mol. The lowest BCUT2D eigenvalue weighted by molar-refractivity contribution is 0.415. The molecule has 1 aromatic heterocycles. The molecule has 20 heavy (non-hydrogen) atoms. The quantitative estimate of drug-likeness (QED) is 0.896. The van der Waals surface area contributed by atoms with Crippen LogP contribution in [0.25, 0.3) is 11.4 Å². The fourth-order valence-electron chi connectivity index (χ4n) is 2.01. The van der Waals surface area contributed by atoms with Crippen LogP contribution in [0.15, 0.2) is 18.2 Å². The maximum absolute atomic E-state index is 5.53. The molecule has 5 nitrogen and oxygen atoms in total. The van der Waals surface area contributed by atoms with E-state index in [4.69, 9.17) is 10.5 Å². The van der Waals surface area contributed by atoms with Crippen LogP contribution in [0.3, 0.4) is 0 Å². The Kier molecular flexibility index (Phi) is 4.09. The molecule has 1 heterocycles. The van der Waals surface area contributed by atoms with Crippen LogP contribution in [-0.4, -0.2) is 28.8 Å². The van der Waals surface area contributed by atoms with Crippen LogP contribution in [0.1, 0.15) is 32.2 Å². The van der Waals surface area contributed by atoms with Gasteiger partial charge in [0.2, 0.25) is 0 Å². The number of hydrogen-bond donors (Lipinski definition) is 2. The van der Waals surface area contributed by atoms with Crippen molar-refractivity contribution in [3.8, 4) is 17.1 Å². The van der Waals surface area contributed by atoms with Crippen molar-refractivity contribution in [2.45, 2.75) is 32.6 Å². The van der Waals surface area contributed by atoms with Crippen LogP contribution in [0.5, 0.6) is 5.75 Å². The van der Waals surface area contributed by atoms with Crippen molar-refractivity contribution in [1.82, 2.24) is 15.2 Å². The zero-order valence-corrected chi connectivity index (χ0v) is 12.5. The van der Waals surface area contributed by atoms with Gasteiger partial charge < -0.3 is 10.5 Å². The Morgan fingerprint density at radius 3 is 2.65 bits per heavy atom. The Hall–Kier alpha value is -1.88. The number of nitrogens with one attached hydrogen (secondary N) is 1. The highest BCUT2D eigenvalue weighted by molar-refractivity contribution is 5.65. The van der Waals surface area contributed by atoms with Crippen molar-refractivity contribution >= 4 is 0 Å². The summed E-state index contributed by atoms with van der Waals surface area (Å²) in [5, 5.41) is 7.18. The molecule has 0 unspecified atom stereocenters. The molecule has 0 aliphatic heterocycles. The van der Waals surface area contributed by atoms with Crippen molar-refractivity contribution in [1.29, 1.82) is 0 Å². The van der Waals surface area contributed by atoms with Crippen molar-refractivity contribution in [2.24, 2.45) is 5.73 Å². The van der Waals surface area contributed by atoms with Crippen molar-refractivity contribution in [3.05, 3.63) is 29.6 Å². The molecule has 2 aromatic rings. The summed E-state index contributed by atoms with van der Waals surface area (Å²) in [5.41, 5.74) is 7.72. The van der Waals surface area contributed by atoms with Gasteiger partial charge in [-0.2, -0.15) is 5.10 Å². The normalized spacial score (nSPS) is 11.7. The molecule has 0 fully saturated rings. The SMILES string of the molecule is COc1ccc(C(C)(C)C)cc1-c1n[nH]c(CCN)n1. The lowest BCUT2D eigenvalue weighted by Crippen LogP contribution is -2.11. The number of ether oxygens (including phenoxy) is 1. The predicted molar refractivity (Wildman–Crippen MR) is 79.8 cm³/mol. The van der Waals surface area contributed by atoms with Crippen LogP contribution in [0, 0.1) is 0 Å². The number of benzene rings is 1. The minimum atomic E-state index is 0.0669. The number of nitrogens with two attached hydrogens (primary N) is 1. The zero-order valence-electron chi connectivity index (χ0n) is 12.5. The minimum Gasteiger partial charge on any atom is -0.496 e. The monoisotopic (exact) mass is 274 g/mol. The molecule has 2 rings (SSSR count). The summed E-state index contributed by atoms with van der Waals surface area (Å²) < 4.78 is 5.42. The Balaban J connectivity index is 2.46. The molecule has 0 aliphatic rings. The molecule has 0 aliphatic carbocycles. The highest BCUT2D eigenvalue weighted by atomic mass is 16.5. The summed E-state index contributed by atoms with van der Waals surface area (Å²) in [6.45, 7) is 7.08. The molecule has 0 bridgehead atoms. The Labute approximate surface area is 119 Å². The maximum Gasteiger partial charge on any atom is 0.184 e. The molecule has 0 saturated carbocycles. The van der Waals surface area contributed by atoms with E-state index in [1.165, 1.54) is 5.56 Å². The molecule has 0 saturated heterocycles. The Bertz CT molecular complexity index is 584. The maximum atomic E-state index is 5.53. The fraction of sp³-hybridized carbons (Fsp3) is 0.467. The number of hydrogen-bond acceptors (Lipinski definition) is 4. The van der Waals surface area contributed by atoms with E-state index in [0.29, 0.717) is 18.8 Å². The zero-order chi connectivity index (χ0) is 14.8. The van der Waals surface area contributed by atoms with Gasteiger partial charge in [-0.05, 0) is 29.7 Å². The van der Waals surface area contributed by atoms with Gasteiger partial charge in [0.15, 0.2) is 5.82 Å². The molecule has 108 valence electrons. The van der Waals surface area contributed by atoms with Gasteiger partial charge in [0.25, 0.3) is 0 Å². The average Bonchev–Trinajstić information content (AvgIpc) is 2.86. The van der Waals surface area contributed by atoms with E-state index in [1.54, 1.807) is 7.11 Å². The van der Waals surface area contributed by atoms with Gasteiger partial charge in [0, 0.05) is 6.42 Å². The van der Waals surface area contributed by atoms with Crippen molar-refractivity contribution in [2.75, 3.05) is 13.7 Å². The Morgan fingerprint density at radius 2 is 2.05 bits per heavy atom. The molecule has 3 N–H and O–H groups in total. The number of aromatic amines is 1. The second kappa shape index (κ2) is 5.63. The average molecular weight is 274 g/mol. The summed E-state index contributed by atoms with van der Waals surface area (Å²) in [7, 11) is 1.66. The standard InChI is InChI=1S/C15H22N4O/c1-15(2,3)10-5-6-12(20-4)11(9-10)14-17-13(7-8-16)18-19-14/h5-6,9H,7-8,16H2,1-4H3,(H,17,18,19). The number of aromatic nitrogens is 3. The van der Waals surface area contributed by atoms with E-state index in [1.807, 2.05) is 6.07 Å². The summed E-state index contributed by atoms with van der Waals surface area (Å²) >= 11 is 0. The van der Waals surface area contributed by atoms with Crippen LogP contribution >= 0.6 is 0 Å². The summed E-state index contributed by atoms with van der Waals surface area (Å²) in [4.78, 5) is 4.48. The van der Waals surface area contributed by atoms with Crippen LogP contribution < -0.4 is 10.5 Å². The van der Waals surface area contributed by atoms with Gasteiger partial charge in [-0.25, -0.2) is 4.98 Å². The highest BCUT2D eigenvalue weighted by Gasteiger charge is 2.18. The smallest absolute Gasteiger partial charge is 0.184 e. The molecule has 1 aromatic carbocycles. The van der Waals surface area contributed by atoms with Gasteiger partial charge in [-0.3, -0.25) is 5.10 Å². The third-order valence-corrected chi connectivity index (χ3v) is 3.22. The first kappa shape index (κ1) is 14.5. The number of nitrogens with zero attached hydrogens (tertiary/aromatic N) is 2. The summed E-state index contributed by atoms with van der Waals surface area (Å²) in [6.07, 6.45) is 0.689. The van der Waals surface area contributed by atoms with E-state index in [9.17, 15) is 0 Å². The van der Waals surface area contributed by atoms with E-state index in [0.717, 1.165) is 17.1 Å². The number of methoxy groups -OCH3 is 1. The molecule has 5 heteroatoms. The van der Waals surface area contributed by atoms with Crippen molar-refractivity contribution in [3.63, 3.8) is 0 Å². The lowest BCUT2D eigenvalue weighted by atomic mass is 9.86. The first-order chi connectivity index (χ1) is 9.45. The number of rotatable bonds is 4. The molecule has 0 radical (unpaired) electrons. The lowest BCUT2D eigenvalue weighted by Gasteiger charge is -2.20. The van der Waals surface area contributed by atoms with E-state index in [2.05, 4.69) is 48.1 Å². The molecule has 0 spiro atoms. The van der Waals surface area contributed by atoms with Crippen LogP contribution in [-0.2, 0) is 11.8 Å². The van der Waals surface area contributed by atoms with Gasteiger partial charge >= 0.3 is 0 Å². The predicted octanol–water partition coefficient (Wildman–Crippen LogP) is 2.28. The first-order valence-corrected chi connectivity index (χ1v) is 6.76. The first-order valence-electron chi connectivity index (χ1n) is 6.76. The van der Waals surface area contributed by atoms with Gasteiger partial charge in [0.1, 0.15) is 11.6 Å². The third kappa shape index (κ3) is 2.99. The van der Waals surface area contributed by atoms with Gasteiger partial charge in [0.05, 0.1) is 12.7 Å². The minimum absolute atomic E-state index is 0.0669. The summed E-state index contributed by atoms with van der Waals surface area (Å²) in [6, 6.07) is 6.14. The molecular formula is C15H22N4O. The van der Waals surface area contributed by atoms with Crippen LogP contribution in [0.4, 0.5) is 0 Å². The van der Waals surface area contributed by atoms with Crippen molar-refractivity contribution < 1.29 is 4.74 Å². The van der Waals surface area contributed by atoms with Gasteiger partial charge in [-0.1, -0.05) is 26.8 Å².